The van der Waals surface area contributed by atoms with Crippen molar-refractivity contribution in [3.8, 4) is 5.75 Å². The van der Waals surface area contributed by atoms with Crippen molar-refractivity contribution in [1.29, 1.82) is 0 Å². The molecule has 1 atom stereocenters. The second-order valence-corrected chi connectivity index (χ2v) is 5.54. The summed E-state index contributed by atoms with van der Waals surface area (Å²) >= 11 is 0. The van der Waals surface area contributed by atoms with E-state index >= 15 is 0 Å². The number of aromatic nitrogens is 2. The monoisotopic (exact) mass is 307 g/mol. The fourth-order valence-electron chi connectivity index (χ4n) is 2.40. The first kappa shape index (κ1) is 15.2. The third kappa shape index (κ3) is 3.92. The van der Waals surface area contributed by atoms with E-state index < -0.39 is 0 Å². The van der Waals surface area contributed by atoms with E-state index in [0.717, 1.165) is 17.3 Å². The Balaban J connectivity index is 1.59. The molecule has 0 amide bonds. The third-order valence-corrected chi connectivity index (χ3v) is 3.83. The van der Waals surface area contributed by atoms with Crippen molar-refractivity contribution in [3.63, 3.8) is 0 Å². The molecule has 0 aliphatic heterocycles. The summed E-state index contributed by atoms with van der Waals surface area (Å²) in [7, 11) is 1.96. The van der Waals surface area contributed by atoms with Crippen LogP contribution in [0.1, 0.15) is 24.4 Å². The highest BCUT2D eigenvalue weighted by molar-refractivity contribution is 5.45. The first-order valence-corrected chi connectivity index (χ1v) is 7.73. The zero-order chi connectivity index (χ0) is 16.1. The van der Waals surface area contributed by atoms with Crippen molar-refractivity contribution < 1.29 is 4.74 Å². The summed E-state index contributed by atoms with van der Waals surface area (Å²) in [6.45, 7) is 2.62. The van der Waals surface area contributed by atoms with Crippen LogP contribution < -0.4 is 10.1 Å². The molecule has 3 rings (SSSR count). The molecule has 0 spiro atoms. The Bertz CT molecular complexity index is 735. The van der Waals surface area contributed by atoms with Gasteiger partial charge in [0.15, 0.2) is 0 Å². The van der Waals surface area contributed by atoms with E-state index in [1.807, 2.05) is 48.1 Å². The van der Waals surface area contributed by atoms with Crippen LogP contribution in [-0.2, 0) is 13.7 Å². The molecule has 0 bridgehead atoms. The minimum absolute atomic E-state index is 0.237. The van der Waals surface area contributed by atoms with Crippen molar-refractivity contribution >= 4 is 5.69 Å². The van der Waals surface area contributed by atoms with Crippen LogP contribution in [0.2, 0.25) is 0 Å². The van der Waals surface area contributed by atoms with Gasteiger partial charge in [-0.15, -0.1) is 0 Å². The van der Waals surface area contributed by atoms with E-state index in [1.54, 1.807) is 6.20 Å². The third-order valence-electron chi connectivity index (χ3n) is 3.83. The van der Waals surface area contributed by atoms with Gasteiger partial charge in [0.25, 0.3) is 0 Å². The van der Waals surface area contributed by atoms with E-state index in [2.05, 4.69) is 41.5 Å². The number of nitrogens with one attached hydrogen (secondary N) is 1. The first-order valence-electron chi connectivity index (χ1n) is 7.73. The van der Waals surface area contributed by atoms with Crippen LogP contribution in [-0.4, -0.2) is 9.55 Å². The number of hydrogen-bond donors (Lipinski definition) is 1. The molecule has 4 nitrogen and oxygen atoms in total. The second kappa shape index (κ2) is 7.01. The van der Waals surface area contributed by atoms with Crippen molar-refractivity contribution in [2.45, 2.75) is 19.6 Å². The van der Waals surface area contributed by atoms with Crippen LogP contribution in [0.15, 0.2) is 67.0 Å². The number of hydrogen-bond acceptors (Lipinski definition) is 3. The molecule has 0 fully saturated rings. The summed E-state index contributed by atoms with van der Waals surface area (Å²) in [5.41, 5.74) is 2.34. The van der Waals surface area contributed by atoms with Crippen molar-refractivity contribution in [2.75, 3.05) is 5.32 Å². The topological polar surface area (TPSA) is 39.1 Å². The van der Waals surface area contributed by atoms with Gasteiger partial charge in [0.1, 0.15) is 18.2 Å². The van der Waals surface area contributed by atoms with Gasteiger partial charge in [-0.05, 0) is 36.8 Å². The molecule has 1 aromatic heterocycles. The fraction of sp³-hybridized carbons (Fsp3) is 0.211. The molecular formula is C19H21N3O. The molecule has 0 aliphatic carbocycles. The maximum Gasteiger partial charge on any atom is 0.146 e. The Hall–Kier alpha value is -2.75. The van der Waals surface area contributed by atoms with Gasteiger partial charge in [0.05, 0.1) is 0 Å². The molecule has 0 radical (unpaired) electrons. The van der Waals surface area contributed by atoms with E-state index in [1.165, 1.54) is 5.56 Å². The molecule has 118 valence electrons. The molecule has 0 unspecified atom stereocenters. The van der Waals surface area contributed by atoms with Crippen LogP contribution in [0.25, 0.3) is 0 Å². The Labute approximate surface area is 136 Å². The predicted molar refractivity (Wildman–Crippen MR) is 92.5 cm³/mol. The molecule has 23 heavy (non-hydrogen) atoms. The lowest BCUT2D eigenvalue weighted by Gasteiger charge is -2.16. The SMILES string of the molecule is C[C@@H](Nc1ccccc1)c1ccc(OCc2nccn2C)cc1. The maximum absolute atomic E-state index is 5.78. The standard InChI is InChI=1S/C19H21N3O/c1-15(21-17-6-4-3-5-7-17)16-8-10-18(11-9-16)23-14-19-20-12-13-22(19)2/h3-13,15,21H,14H2,1-2H3/t15-/m1/s1. The number of rotatable bonds is 6. The Morgan fingerprint density at radius 1 is 1.09 bits per heavy atom. The number of nitrogens with zero attached hydrogens (tertiary/aromatic N) is 2. The normalized spacial score (nSPS) is 11.9. The Morgan fingerprint density at radius 2 is 1.83 bits per heavy atom. The second-order valence-electron chi connectivity index (χ2n) is 5.54. The van der Waals surface area contributed by atoms with Crippen molar-refractivity contribution in [3.05, 3.63) is 78.4 Å². The van der Waals surface area contributed by atoms with Gasteiger partial charge in [-0.25, -0.2) is 4.98 Å². The highest BCUT2D eigenvalue weighted by atomic mass is 16.5. The molecule has 4 heteroatoms. The summed E-state index contributed by atoms with van der Waals surface area (Å²) < 4.78 is 7.74. The van der Waals surface area contributed by atoms with Crippen LogP contribution in [0, 0.1) is 0 Å². The van der Waals surface area contributed by atoms with Crippen molar-refractivity contribution in [2.24, 2.45) is 7.05 Å². The van der Waals surface area contributed by atoms with Gasteiger partial charge in [-0.1, -0.05) is 30.3 Å². The van der Waals surface area contributed by atoms with Gasteiger partial charge in [0.2, 0.25) is 0 Å². The predicted octanol–water partition coefficient (Wildman–Crippen LogP) is 4.17. The summed E-state index contributed by atoms with van der Waals surface area (Å²) in [6.07, 6.45) is 3.69. The van der Waals surface area contributed by atoms with Crippen LogP contribution in [0.5, 0.6) is 5.75 Å². The first-order chi connectivity index (χ1) is 11.2. The highest BCUT2D eigenvalue weighted by Crippen LogP contribution is 2.22. The maximum atomic E-state index is 5.78. The van der Waals surface area contributed by atoms with Crippen LogP contribution >= 0.6 is 0 Å². The van der Waals surface area contributed by atoms with E-state index in [4.69, 9.17) is 4.74 Å². The number of aryl methyl sites for hydroxylation is 1. The molecule has 0 aliphatic rings. The van der Waals surface area contributed by atoms with Gasteiger partial charge in [-0.2, -0.15) is 0 Å². The Kier molecular flexibility index (Phi) is 4.62. The van der Waals surface area contributed by atoms with Crippen LogP contribution in [0.3, 0.4) is 0 Å². The molecule has 2 aromatic carbocycles. The summed E-state index contributed by atoms with van der Waals surface area (Å²) in [4.78, 5) is 4.25. The lowest BCUT2D eigenvalue weighted by molar-refractivity contribution is 0.291. The smallest absolute Gasteiger partial charge is 0.146 e. The van der Waals surface area contributed by atoms with E-state index in [0.29, 0.717) is 6.61 Å². The molecular weight excluding hydrogens is 286 g/mol. The molecule has 3 aromatic rings. The quantitative estimate of drug-likeness (QED) is 0.743. The fourth-order valence-corrected chi connectivity index (χ4v) is 2.40. The highest BCUT2D eigenvalue weighted by Gasteiger charge is 2.06. The van der Waals surface area contributed by atoms with Crippen molar-refractivity contribution in [1.82, 2.24) is 9.55 Å². The molecule has 1 N–H and O–H groups in total. The van der Waals surface area contributed by atoms with E-state index in [9.17, 15) is 0 Å². The van der Waals surface area contributed by atoms with Gasteiger partial charge < -0.3 is 14.6 Å². The number of anilines is 1. The molecule has 1 heterocycles. The average Bonchev–Trinajstić information content (AvgIpc) is 2.99. The summed E-state index contributed by atoms with van der Waals surface area (Å²) in [5, 5.41) is 3.49. The zero-order valence-electron chi connectivity index (χ0n) is 13.4. The zero-order valence-corrected chi connectivity index (χ0v) is 13.4. The van der Waals surface area contributed by atoms with Gasteiger partial charge in [-0.3, -0.25) is 0 Å². The summed E-state index contributed by atoms with van der Waals surface area (Å²) in [5.74, 6) is 1.76. The number of ether oxygens (including phenoxy) is 1. The molecule has 0 saturated carbocycles. The minimum Gasteiger partial charge on any atom is -0.486 e. The lowest BCUT2D eigenvalue weighted by atomic mass is 10.1. The minimum atomic E-state index is 0.237. The van der Waals surface area contributed by atoms with Crippen LogP contribution in [0.4, 0.5) is 5.69 Å². The number of para-hydroxylation sites is 1. The average molecular weight is 307 g/mol. The largest absolute Gasteiger partial charge is 0.486 e. The lowest BCUT2D eigenvalue weighted by Crippen LogP contribution is -2.06. The summed E-state index contributed by atoms with van der Waals surface area (Å²) in [6, 6.07) is 18.6. The number of imidazole rings is 1. The number of benzene rings is 2. The molecule has 0 saturated heterocycles. The Morgan fingerprint density at radius 3 is 2.48 bits per heavy atom. The van der Waals surface area contributed by atoms with Gasteiger partial charge in [0, 0.05) is 31.2 Å². The van der Waals surface area contributed by atoms with E-state index in [-0.39, 0.29) is 6.04 Å². The van der Waals surface area contributed by atoms with Gasteiger partial charge >= 0.3 is 0 Å².